The van der Waals surface area contributed by atoms with Crippen LogP contribution in [0, 0.1) is 12.8 Å². The Kier molecular flexibility index (Phi) is 4.68. The number of hydrogen-bond acceptors (Lipinski definition) is 5. The van der Waals surface area contributed by atoms with Crippen molar-refractivity contribution in [3.05, 3.63) is 30.1 Å². The molecular formula is C14H21N5O. The Bertz CT molecular complexity index is 535. The molecule has 0 fully saturated rings. The summed E-state index contributed by atoms with van der Waals surface area (Å²) in [5.74, 6) is 1.85. The average Bonchev–Trinajstić information content (AvgIpc) is 2.85. The number of aryl methyl sites for hydroxylation is 1. The number of aliphatic hydroxyl groups is 1. The molecule has 0 amide bonds. The molecule has 0 radical (unpaired) electrons. The maximum Gasteiger partial charge on any atom is 0.175 e. The monoisotopic (exact) mass is 275 g/mol. The Balaban J connectivity index is 2.04. The van der Waals surface area contributed by atoms with Crippen LogP contribution in [0.4, 0.5) is 5.82 Å². The van der Waals surface area contributed by atoms with E-state index in [2.05, 4.69) is 34.5 Å². The first-order valence-electron chi connectivity index (χ1n) is 6.82. The van der Waals surface area contributed by atoms with Crippen LogP contribution in [0.3, 0.4) is 0 Å². The van der Waals surface area contributed by atoms with Gasteiger partial charge in [-0.3, -0.25) is 0 Å². The van der Waals surface area contributed by atoms with Crippen molar-refractivity contribution in [1.29, 1.82) is 0 Å². The van der Waals surface area contributed by atoms with Crippen molar-refractivity contribution in [2.45, 2.75) is 33.2 Å². The van der Waals surface area contributed by atoms with E-state index in [4.69, 9.17) is 0 Å². The van der Waals surface area contributed by atoms with Gasteiger partial charge in [-0.05, 0) is 37.5 Å². The van der Waals surface area contributed by atoms with Crippen molar-refractivity contribution in [2.24, 2.45) is 5.92 Å². The maximum absolute atomic E-state index is 9.35. The summed E-state index contributed by atoms with van der Waals surface area (Å²) in [6.45, 7) is 6.26. The van der Waals surface area contributed by atoms with E-state index in [0.717, 1.165) is 12.1 Å². The van der Waals surface area contributed by atoms with Gasteiger partial charge in [0.05, 0.1) is 18.3 Å². The van der Waals surface area contributed by atoms with Crippen LogP contribution in [0.1, 0.15) is 26.0 Å². The van der Waals surface area contributed by atoms with Crippen LogP contribution in [0.2, 0.25) is 0 Å². The fourth-order valence-electron chi connectivity index (χ4n) is 2.02. The van der Waals surface area contributed by atoms with E-state index >= 15 is 0 Å². The summed E-state index contributed by atoms with van der Waals surface area (Å²) >= 11 is 0. The lowest BCUT2D eigenvalue weighted by atomic mass is 10.0. The zero-order chi connectivity index (χ0) is 14.5. The molecule has 0 aliphatic carbocycles. The molecule has 1 unspecified atom stereocenters. The first kappa shape index (κ1) is 14.5. The normalized spacial score (nSPS) is 12.7. The minimum absolute atomic E-state index is 0.00194. The predicted molar refractivity (Wildman–Crippen MR) is 77.8 cm³/mol. The van der Waals surface area contributed by atoms with Crippen LogP contribution in [-0.2, 0) is 0 Å². The SMILES string of the molecule is Cc1ccn(-c2ccc(NC(CO)CC(C)C)nn2)n1. The molecule has 0 aliphatic heterocycles. The molecule has 108 valence electrons. The summed E-state index contributed by atoms with van der Waals surface area (Å²) < 4.78 is 1.68. The van der Waals surface area contributed by atoms with Gasteiger partial charge in [0.15, 0.2) is 5.82 Å². The fourth-order valence-corrected chi connectivity index (χ4v) is 2.02. The van der Waals surface area contributed by atoms with Gasteiger partial charge in [-0.15, -0.1) is 10.2 Å². The van der Waals surface area contributed by atoms with E-state index in [1.54, 1.807) is 4.68 Å². The predicted octanol–water partition coefficient (Wildman–Crippen LogP) is 1.79. The fraction of sp³-hybridized carbons (Fsp3) is 0.500. The molecule has 2 rings (SSSR count). The smallest absolute Gasteiger partial charge is 0.175 e. The molecule has 0 aromatic carbocycles. The number of rotatable bonds is 6. The molecule has 0 spiro atoms. The molecule has 0 aliphatic rings. The van der Waals surface area contributed by atoms with Gasteiger partial charge in [0.2, 0.25) is 0 Å². The molecule has 2 aromatic rings. The third-order valence-electron chi connectivity index (χ3n) is 2.94. The average molecular weight is 275 g/mol. The van der Waals surface area contributed by atoms with Crippen LogP contribution in [0.15, 0.2) is 24.4 Å². The van der Waals surface area contributed by atoms with Crippen LogP contribution in [0.5, 0.6) is 0 Å². The molecule has 20 heavy (non-hydrogen) atoms. The number of nitrogens with one attached hydrogen (secondary N) is 1. The standard InChI is InChI=1S/C14H21N5O/c1-10(2)8-12(9-20)15-13-4-5-14(17-16-13)19-7-6-11(3)18-19/h4-7,10,12,20H,8-9H2,1-3H3,(H,15,16). The van der Waals surface area contributed by atoms with E-state index in [-0.39, 0.29) is 12.6 Å². The number of nitrogens with zero attached hydrogens (tertiary/aromatic N) is 4. The minimum atomic E-state index is 0.00194. The van der Waals surface area contributed by atoms with Crippen molar-refractivity contribution in [3.8, 4) is 5.82 Å². The zero-order valence-electron chi connectivity index (χ0n) is 12.1. The molecular weight excluding hydrogens is 254 g/mol. The van der Waals surface area contributed by atoms with E-state index < -0.39 is 0 Å². The van der Waals surface area contributed by atoms with E-state index in [1.807, 2.05) is 31.3 Å². The lowest BCUT2D eigenvalue weighted by Crippen LogP contribution is -2.26. The highest BCUT2D eigenvalue weighted by Gasteiger charge is 2.10. The van der Waals surface area contributed by atoms with Gasteiger partial charge in [-0.2, -0.15) is 5.10 Å². The Hall–Kier alpha value is -1.95. The van der Waals surface area contributed by atoms with Crippen molar-refractivity contribution in [2.75, 3.05) is 11.9 Å². The van der Waals surface area contributed by atoms with Gasteiger partial charge in [0.25, 0.3) is 0 Å². The molecule has 6 heteroatoms. The zero-order valence-corrected chi connectivity index (χ0v) is 12.1. The second-order valence-electron chi connectivity index (χ2n) is 5.33. The van der Waals surface area contributed by atoms with Crippen molar-refractivity contribution in [3.63, 3.8) is 0 Å². The quantitative estimate of drug-likeness (QED) is 0.840. The maximum atomic E-state index is 9.35. The third-order valence-corrected chi connectivity index (χ3v) is 2.94. The van der Waals surface area contributed by atoms with Gasteiger partial charge in [0, 0.05) is 6.20 Å². The number of aromatic nitrogens is 4. The summed E-state index contributed by atoms with van der Waals surface area (Å²) in [6.07, 6.45) is 2.74. The van der Waals surface area contributed by atoms with E-state index in [1.165, 1.54) is 0 Å². The summed E-state index contributed by atoms with van der Waals surface area (Å²) in [5.41, 5.74) is 0.936. The molecule has 0 saturated heterocycles. The van der Waals surface area contributed by atoms with Crippen molar-refractivity contribution >= 4 is 5.82 Å². The lowest BCUT2D eigenvalue weighted by Gasteiger charge is -2.18. The number of anilines is 1. The summed E-state index contributed by atoms with van der Waals surface area (Å²) in [5, 5.41) is 25.1. The molecule has 6 nitrogen and oxygen atoms in total. The van der Waals surface area contributed by atoms with Gasteiger partial charge in [0.1, 0.15) is 5.82 Å². The summed E-state index contributed by atoms with van der Waals surface area (Å²) in [6, 6.07) is 5.62. The van der Waals surface area contributed by atoms with E-state index in [9.17, 15) is 5.11 Å². The Morgan fingerprint density at radius 3 is 2.55 bits per heavy atom. The van der Waals surface area contributed by atoms with Crippen LogP contribution in [-0.4, -0.2) is 37.7 Å². The van der Waals surface area contributed by atoms with E-state index in [0.29, 0.717) is 17.6 Å². The lowest BCUT2D eigenvalue weighted by molar-refractivity contribution is 0.259. The van der Waals surface area contributed by atoms with Gasteiger partial charge in [-0.1, -0.05) is 13.8 Å². The third kappa shape index (κ3) is 3.77. The van der Waals surface area contributed by atoms with Crippen molar-refractivity contribution < 1.29 is 5.11 Å². The highest BCUT2D eigenvalue weighted by Crippen LogP contribution is 2.11. The second-order valence-corrected chi connectivity index (χ2v) is 5.33. The second kappa shape index (κ2) is 6.47. The molecule has 2 N–H and O–H groups in total. The largest absolute Gasteiger partial charge is 0.394 e. The Labute approximate surface area is 118 Å². The molecule has 2 aromatic heterocycles. The summed E-state index contributed by atoms with van der Waals surface area (Å²) in [4.78, 5) is 0. The molecule has 1 atom stereocenters. The molecule has 0 saturated carbocycles. The first-order valence-corrected chi connectivity index (χ1v) is 6.82. The highest BCUT2D eigenvalue weighted by molar-refractivity contribution is 5.37. The Morgan fingerprint density at radius 2 is 2.05 bits per heavy atom. The van der Waals surface area contributed by atoms with Crippen LogP contribution in [0.25, 0.3) is 5.82 Å². The number of aliphatic hydroxyl groups excluding tert-OH is 1. The van der Waals surface area contributed by atoms with Gasteiger partial charge >= 0.3 is 0 Å². The topological polar surface area (TPSA) is 75.9 Å². The van der Waals surface area contributed by atoms with Crippen LogP contribution >= 0.6 is 0 Å². The van der Waals surface area contributed by atoms with Crippen molar-refractivity contribution in [1.82, 2.24) is 20.0 Å². The Morgan fingerprint density at radius 1 is 1.25 bits per heavy atom. The highest BCUT2D eigenvalue weighted by atomic mass is 16.3. The molecule has 0 bridgehead atoms. The van der Waals surface area contributed by atoms with Crippen LogP contribution < -0.4 is 5.32 Å². The van der Waals surface area contributed by atoms with Gasteiger partial charge in [-0.25, -0.2) is 4.68 Å². The molecule has 2 heterocycles. The summed E-state index contributed by atoms with van der Waals surface area (Å²) in [7, 11) is 0. The first-order chi connectivity index (χ1) is 9.58. The minimum Gasteiger partial charge on any atom is -0.394 e. The number of hydrogen-bond donors (Lipinski definition) is 2. The van der Waals surface area contributed by atoms with Gasteiger partial charge < -0.3 is 10.4 Å².